The van der Waals surface area contributed by atoms with Crippen LogP contribution in [0.5, 0.6) is 0 Å². The summed E-state index contributed by atoms with van der Waals surface area (Å²) in [7, 11) is 1.29. The third kappa shape index (κ3) is 4.89. The van der Waals surface area contributed by atoms with Crippen LogP contribution in [-0.2, 0) is 16.7 Å². The fourth-order valence-corrected chi connectivity index (χ4v) is 3.21. The van der Waals surface area contributed by atoms with Crippen molar-refractivity contribution < 1.29 is 22.7 Å². The van der Waals surface area contributed by atoms with Crippen LogP contribution < -0.4 is 0 Å². The lowest BCUT2D eigenvalue weighted by molar-refractivity contribution is -0.141. The van der Waals surface area contributed by atoms with Crippen molar-refractivity contribution in [3.63, 3.8) is 0 Å². The van der Waals surface area contributed by atoms with Crippen molar-refractivity contribution in [2.45, 2.75) is 17.1 Å². The summed E-state index contributed by atoms with van der Waals surface area (Å²) in [6.45, 7) is 0. The van der Waals surface area contributed by atoms with Crippen molar-refractivity contribution in [1.82, 2.24) is 9.97 Å². The lowest BCUT2D eigenvalue weighted by Gasteiger charge is -2.10. The first-order valence-electron chi connectivity index (χ1n) is 8.18. The van der Waals surface area contributed by atoms with Gasteiger partial charge in [-0.25, -0.2) is 14.8 Å². The van der Waals surface area contributed by atoms with Crippen molar-refractivity contribution in [1.29, 1.82) is 0 Å². The molecule has 0 aliphatic rings. The second kappa shape index (κ2) is 8.43. The first-order chi connectivity index (χ1) is 13.4. The number of rotatable bonds is 5. The molecule has 0 aliphatic heterocycles. The number of carbonyl (C=O) groups is 1. The average Bonchev–Trinajstić information content (AvgIpc) is 2.72. The number of nitrogens with zero attached hydrogens (tertiary/aromatic N) is 2. The summed E-state index contributed by atoms with van der Waals surface area (Å²) in [6, 6.07) is 16.2. The highest BCUT2D eigenvalue weighted by molar-refractivity contribution is 7.98. The zero-order valence-electron chi connectivity index (χ0n) is 14.7. The van der Waals surface area contributed by atoms with E-state index in [1.165, 1.54) is 7.11 Å². The van der Waals surface area contributed by atoms with Gasteiger partial charge in [-0.15, -0.1) is 0 Å². The highest BCUT2D eigenvalue weighted by atomic mass is 32.2. The standard InChI is InChI=1S/C20H15F3N2O2S/c1-27-18(26)15-9-7-13(8-10-15)12-28-19-24-16(14-5-3-2-4-6-14)11-17(25-19)20(21,22)23/h2-11H,12H2,1H3. The molecule has 4 nitrogen and oxygen atoms in total. The number of aromatic nitrogens is 2. The van der Waals surface area contributed by atoms with Gasteiger partial charge in [0.2, 0.25) is 0 Å². The van der Waals surface area contributed by atoms with E-state index < -0.39 is 17.8 Å². The van der Waals surface area contributed by atoms with Crippen LogP contribution in [0.25, 0.3) is 11.3 Å². The van der Waals surface area contributed by atoms with Gasteiger partial charge in [0.15, 0.2) is 5.16 Å². The zero-order chi connectivity index (χ0) is 20.1. The zero-order valence-corrected chi connectivity index (χ0v) is 15.6. The number of carbonyl (C=O) groups excluding carboxylic acids is 1. The number of benzene rings is 2. The molecule has 3 aromatic rings. The SMILES string of the molecule is COC(=O)c1ccc(CSc2nc(-c3ccccc3)cc(C(F)(F)F)n2)cc1. The molecule has 0 radical (unpaired) electrons. The minimum absolute atomic E-state index is 0.0331. The first kappa shape index (κ1) is 19.9. The summed E-state index contributed by atoms with van der Waals surface area (Å²) in [5, 5.41) is 0.0331. The molecule has 0 spiro atoms. The Morgan fingerprint density at radius 2 is 1.71 bits per heavy atom. The topological polar surface area (TPSA) is 52.1 Å². The predicted molar refractivity (Wildman–Crippen MR) is 99.8 cm³/mol. The molecule has 1 heterocycles. The van der Waals surface area contributed by atoms with Crippen LogP contribution in [0.15, 0.2) is 65.8 Å². The minimum atomic E-state index is -4.57. The van der Waals surface area contributed by atoms with Gasteiger partial charge in [0.1, 0.15) is 5.69 Å². The number of alkyl halides is 3. The van der Waals surface area contributed by atoms with Crippen molar-refractivity contribution in [3.05, 3.63) is 77.5 Å². The van der Waals surface area contributed by atoms with E-state index in [2.05, 4.69) is 14.7 Å². The van der Waals surface area contributed by atoms with Gasteiger partial charge >= 0.3 is 12.1 Å². The predicted octanol–water partition coefficient (Wildman–Crippen LogP) is 5.24. The summed E-state index contributed by atoms with van der Waals surface area (Å²) < 4.78 is 44.3. The van der Waals surface area contributed by atoms with Gasteiger partial charge in [0.05, 0.1) is 18.4 Å². The summed E-state index contributed by atoms with van der Waals surface area (Å²) in [6.07, 6.45) is -4.57. The van der Waals surface area contributed by atoms with Gasteiger partial charge in [-0.2, -0.15) is 13.2 Å². The van der Waals surface area contributed by atoms with E-state index in [-0.39, 0.29) is 10.9 Å². The highest BCUT2D eigenvalue weighted by Gasteiger charge is 2.33. The Labute approximate surface area is 163 Å². The number of halogens is 3. The summed E-state index contributed by atoms with van der Waals surface area (Å²) in [5.41, 5.74) is 1.04. The molecular weight excluding hydrogens is 389 g/mol. The molecule has 2 aromatic carbocycles. The Bertz CT molecular complexity index is 961. The first-order valence-corrected chi connectivity index (χ1v) is 9.17. The van der Waals surface area contributed by atoms with Gasteiger partial charge in [-0.1, -0.05) is 54.2 Å². The number of ether oxygens (including phenoxy) is 1. The van der Waals surface area contributed by atoms with E-state index in [0.29, 0.717) is 16.9 Å². The lowest BCUT2D eigenvalue weighted by Crippen LogP contribution is -2.10. The van der Waals surface area contributed by atoms with Gasteiger partial charge in [-0.05, 0) is 23.8 Å². The van der Waals surface area contributed by atoms with E-state index in [0.717, 1.165) is 23.4 Å². The monoisotopic (exact) mass is 404 g/mol. The third-order valence-electron chi connectivity index (χ3n) is 3.81. The molecule has 1 aromatic heterocycles. The largest absolute Gasteiger partial charge is 0.465 e. The van der Waals surface area contributed by atoms with E-state index in [1.807, 2.05) is 0 Å². The number of hydrogen-bond acceptors (Lipinski definition) is 5. The third-order valence-corrected chi connectivity index (χ3v) is 4.73. The summed E-state index contributed by atoms with van der Waals surface area (Å²) >= 11 is 1.09. The number of hydrogen-bond donors (Lipinski definition) is 0. The van der Waals surface area contributed by atoms with E-state index >= 15 is 0 Å². The van der Waals surface area contributed by atoms with Crippen LogP contribution in [0.1, 0.15) is 21.6 Å². The van der Waals surface area contributed by atoms with E-state index in [1.54, 1.807) is 54.6 Å². The molecule has 0 saturated heterocycles. The number of thioether (sulfide) groups is 1. The average molecular weight is 404 g/mol. The number of methoxy groups -OCH3 is 1. The molecule has 0 bridgehead atoms. The maximum atomic E-state index is 13.2. The van der Waals surface area contributed by atoms with Crippen molar-refractivity contribution in [2.24, 2.45) is 0 Å². The lowest BCUT2D eigenvalue weighted by atomic mass is 10.1. The van der Waals surface area contributed by atoms with Crippen LogP contribution in [0.3, 0.4) is 0 Å². The summed E-state index contributed by atoms with van der Waals surface area (Å²) in [5.74, 6) is -0.0929. The van der Waals surface area contributed by atoms with Crippen molar-refractivity contribution in [2.75, 3.05) is 7.11 Å². The molecule has 8 heteroatoms. The Hall–Kier alpha value is -2.87. The molecule has 0 N–H and O–H groups in total. The highest BCUT2D eigenvalue weighted by Crippen LogP contribution is 2.32. The quantitative estimate of drug-likeness (QED) is 0.331. The molecule has 0 saturated carbocycles. The number of esters is 1. The van der Waals surface area contributed by atoms with Crippen molar-refractivity contribution in [3.8, 4) is 11.3 Å². The van der Waals surface area contributed by atoms with Gasteiger partial charge in [0, 0.05) is 11.3 Å². The molecule has 0 fully saturated rings. The minimum Gasteiger partial charge on any atom is -0.465 e. The molecule has 0 unspecified atom stereocenters. The fourth-order valence-electron chi connectivity index (χ4n) is 2.39. The molecule has 144 valence electrons. The Kier molecular flexibility index (Phi) is 5.99. The fraction of sp³-hybridized carbons (Fsp3) is 0.150. The Morgan fingerprint density at radius 3 is 2.32 bits per heavy atom. The summed E-state index contributed by atoms with van der Waals surface area (Å²) in [4.78, 5) is 19.4. The Balaban J connectivity index is 1.84. The van der Waals surface area contributed by atoms with Crippen LogP contribution in [0.2, 0.25) is 0 Å². The molecular formula is C20H15F3N2O2S. The molecule has 28 heavy (non-hydrogen) atoms. The Morgan fingerprint density at radius 1 is 1.04 bits per heavy atom. The second-order valence-corrected chi connectivity index (χ2v) is 6.70. The maximum Gasteiger partial charge on any atom is 0.433 e. The molecule has 3 rings (SSSR count). The second-order valence-electron chi connectivity index (χ2n) is 5.76. The molecule has 0 aliphatic carbocycles. The van der Waals surface area contributed by atoms with Crippen LogP contribution in [0.4, 0.5) is 13.2 Å². The van der Waals surface area contributed by atoms with Gasteiger partial charge in [0.25, 0.3) is 0 Å². The van der Waals surface area contributed by atoms with Crippen LogP contribution in [0, 0.1) is 0 Å². The van der Waals surface area contributed by atoms with Crippen molar-refractivity contribution >= 4 is 17.7 Å². The maximum absolute atomic E-state index is 13.2. The van der Waals surface area contributed by atoms with Crippen LogP contribution in [-0.4, -0.2) is 23.0 Å². The molecule has 0 amide bonds. The normalized spacial score (nSPS) is 11.3. The van der Waals surface area contributed by atoms with E-state index in [4.69, 9.17) is 0 Å². The van der Waals surface area contributed by atoms with Gasteiger partial charge in [-0.3, -0.25) is 0 Å². The van der Waals surface area contributed by atoms with E-state index in [9.17, 15) is 18.0 Å². The molecule has 0 atom stereocenters. The van der Waals surface area contributed by atoms with Crippen LogP contribution >= 0.6 is 11.8 Å². The smallest absolute Gasteiger partial charge is 0.433 e. The van der Waals surface area contributed by atoms with Gasteiger partial charge < -0.3 is 4.74 Å².